The maximum Gasteiger partial charge on any atom is 0.409 e. The second-order valence-corrected chi connectivity index (χ2v) is 6.85. The molecule has 0 aliphatic carbocycles. The Morgan fingerprint density at radius 3 is 2.72 bits per heavy atom. The molecule has 0 saturated carbocycles. The second kappa shape index (κ2) is 9.70. The van der Waals surface area contributed by atoms with Gasteiger partial charge in [-0.2, -0.15) is 0 Å². The van der Waals surface area contributed by atoms with E-state index in [2.05, 4.69) is 20.3 Å². The molecular weight excluding hydrogens is 386 g/mol. The Balaban J connectivity index is 1.88. The van der Waals surface area contributed by atoms with Gasteiger partial charge in [0.25, 0.3) is 0 Å². The lowest BCUT2D eigenvalue weighted by molar-refractivity contribution is 0.211. The summed E-state index contributed by atoms with van der Waals surface area (Å²) >= 11 is 1.45. The number of rotatable bonds is 7. The van der Waals surface area contributed by atoms with E-state index in [4.69, 9.17) is 10.5 Å². The van der Waals surface area contributed by atoms with Crippen molar-refractivity contribution < 1.29 is 9.53 Å². The Hall–Kier alpha value is -3.39. The van der Waals surface area contributed by atoms with Gasteiger partial charge in [-0.05, 0) is 30.9 Å². The summed E-state index contributed by atoms with van der Waals surface area (Å²) in [5.41, 5.74) is 8.52. The SMILES string of the molecule is CSc1ncc(/C(C)=N/Cc2ccccc2)c(Nc2cccc(OC(N)=O)c2)n1. The van der Waals surface area contributed by atoms with Gasteiger partial charge in [0, 0.05) is 23.7 Å². The average Bonchev–Trinajstić information content (AvgIpc) is 2.72. The molecule has 0 radical (unpaired) electrons. The first-order valence-corrected chi connectivity index (χ1v) is 10.1. The van der Waals surface area contributed by atoms with E-state index < -0.39 is 6.09 Å². The van der Waals surface area contributed by atoms with Crippen LogP contribution in [0.4, 0.5) is 16.3 Å². The number of amides is 1. The van der Waals surface area contributed by atoms with Crippen molar-refractivity contribution in [2.45, 2.75) is 18.6 Å². The number of nitrogens with two attached hydrogens (primary N) is 1. The number of aliphatic imine (C=N–C) groups is 1. The minimum Gasteiger partial charge on any atom is -0.410 e. The number of nitrogens with one attached hydrogen (secondary N) is 1. The molecule has 7 nitrogen and oxygen atoms in total. The van der Waals surface area contributed by atoms with Crippen LogP contribution in [0.2, 0.25) is 0 Å². The minimum absolute atomic E-state index is 0.345. The monoisotopic (exact) mass is 407 g/mol. The Morgan fingerprint density at radius 2 is 2.00 bits per heavy atom. The first-order valence-electron chi connectivity index (χ1n) is 8.86. The van der Waals surface area contributed by atoms with E-state index in [9.17, 15) is 4.79 Å². The van der Waals surface area contributed by atoms with E-state index in [1.807, 2.05) is 49.6 Å². The number of ether oxygens (including phenoxy) is 1. The summed E-state index contributed by atoms with van der Waals surface area (Å²) in [5.74, 6) is 0.965. The lowest BCUT2D eigenvalue weighted by Crippen LogP contribution is -2.16. The van der Waals surface area contributed by atoms with E-state index >= 15 is 0 Å². The molecule has 0 spiro atoms. The van der Waals surface area contributed by atoms with Gasteiger partial charge in [0.15, 0.2) is 5.16 Å². The second-order valence-electron chi connectivity index (χ2n) is 6.08. The molecule has 0 aliphatic rings. The van der Waals surface area contributed by atoms with Crippen molar-refractivity contribution in [1.82, 2.24) is 9.97 Å². The standard InChI is InChI=1S/C21H21N5O2S/c1-14(23-12-15-7-4-3-5-8-15)18-13-24-21(29-2)26-19(18)25-16-9-6-10-17(11-16)28-20(22)27/h3-11,13H,12H2,1-2H3,(H2,22,27)(H,24,25,26)/b23-14+. The average molecular weight is 407 g/mol. The van der Waals surface area contributed by atoms with Crippen LogP contribution in [-0.4, -0.2) is 28.0 Å². The molecule has 29 heavy (non-hydrogen) atoms. The molecule has 3 N–H and O–H groups in total. The topological polar surface area (TPSA) is 102 Å². The van der Waals surface area contributed by atoms with Crippen LogP contribution in [0.25, 0.3) is 0 Å². The predicted molar refractivity (Wildman–Crippen MR) is 116 cm³/mol. The first kappa shape index (κ1) is 20.3. The smallest absolute Gasteiger partial charge is 0.409 e. The number of benzene rings is 2. The lowest BCUT2D eigenvalue weighted by atomic mass is 10.2. The lowest BCUT2D eigenvalue weighted by Gasteiger charge is -2.12. The number of aromatic nitrogens is 2. The number of hydrogen-bond donors (Lipinski definition) is 2. The Bertz CT molecular complexity index is 1020. The highest BCUT2D eigenvalue weighted by molar-refractivity contribution is 7.98. The number of hydrogen-bond acceptors (Lipinski definition) is 7. The summed E-state index contributed by atoms with van der Waals surface area (Å²) in [5, 5.41) is 3.90. The molecule has 2 aromatic carbocycles. The molecule has 0 fully saturated rings. The van der Waals surface area contributed by atoms with E-state index in [0.717, 1.165) is 16.8 Å². The minimum atomic E-state index is -0.863. The Kier molecular flexibility index (Phi) is 6.80. The zero-order valence-corrected chi connectivity index (χ0v) is 16.9. The molecule has 148 valence electrons. The Labute approximate surface area is 173 Å². The van der Waals surface area contributed by atoms with Gasteiger partial charge < -0.3 is 15.8 Å². The fourth-order valence-electron chi connectivity index (χ4n) is 2.59. The van der Waals surface area contributed by atoms with Crippen LogP contribution in [0.5, 0.6) is 5.75 Å². The van der Waals surface area contributed by atoms with Crippen molar-refractivity contribution in [2.24, 2.45) is 10.7 Å². The molecule has 1 amide bonds. The molecule has 3 rings (SSSR count). The highest BCUT2D eigenvalue weighted by atomic mass is 32.2. The van der Waals surface area contributed by atoms with Gasteiger partial charge in [-0.3, -0.25) is 4.99 Å². The number of carbonyl (C=O) groups excluding carboxylic acids is 1. The fourth-order valence-corrected chi connectivity index (χ4v) is 2.93. The summed E-state index contributed by atoms with van der Waals surface area (Å²) < 4.78 is 4.94. The number of anilines is 2. The zero-order chi connectivity index (χ0) is 20.6. The zero-order valence-electron chi connectivity index (χ0n) is 16.1. The molecular formula is C21H21N5O2S. The normalized spacial score (nSPS) is 11.2. The summed E-state index contributed by atoms with van der Waals surface area (Å²) in [6.45, 7) is 2.50. The number of carbonyl (C=O) groups is 1. The molecule has 8 heteroatoms. The summed E-state index contributed by atoms with van der Waals surface area (Å²) in [6.07, 6.45) is 2.81. The van der Waals surface area contributed by atoms with Crippen LogP contribution in [0.1, 0.15) is 18.1 Å². The van der Waals surface area contributed by atoms with Crippen LogP contribution < -0.4 is 15.8 Å². The number of nitrogens with zero attached hydrogens (tertiary/aromatic N) is 3. The summed E-state index contributed by atoms with van der Waals surface area (Å²) in [7, 11) is 0. The van der Waals surface area contributed by atoms with Crippen molar-refractivity contribution >= 4 is 35.1 Å². The molecule has 0 unspecified atom stereocenters. The fraction of sp³-hybridized carbons (Fsp3) is 0.143. The largest absolute Gasteiger partial charge is 0.410 e. The van der Waals surface area contributed by atoms with Gasteiger partial charge in [-0.15, -0.1) is 0 Å². The third-order valence-corrected chi connectivity index (χ3v) is 4.56. The molecule has 3 aromatic rings. The van der Waals surface area contributed by atoms with Crippen LogP contribution in [-0.2, 0) is 6.54 Å². The van der Waals surface area contributed by atoms with E-state index in [1.54, 1.807) is 24.4 Å². The van der Waals surface area contributed by atoms with Gasteiger partial charge in [-0.1, -0.05) is 48.2 Å². The van der Waals surface area contributed by atoms with Crippen LogP contribution >= 0.6 is 11.8 Å². The molecule has 0 saturated heterocycles. The Morgan fingerprint density at radius 1 is 1.21 bits per heavy atom. The quantitative estimate of drug-likeness (QED) is 0.342. The van der Waals surface area contributed by atoms with Crippen molar-refractivity contribution in [1.29, 1.82) is 0 Å². The van der Waals surface area contributed by atoms with E-state index in [0.29, 0.717) is 29.0 Å². The highest BCUT2D eigenvalue weighted by Gasteiger charge is 2.11. The van der Waals surface area contributed by atoms with Crippen LogP contribution in [0.3, 0.4) is 0 Å². The maximum absolute atomic E-state index is 11.0. The van der Waals surface area contributed by atoms with E-state index in [-0.39, 0.29) is 0 Å². The van der Waals surface area contributed by atoms with Crippen LogP contribution in [0, 0.1) is 0 Å². The first-order chi connectivity index (χ1) is 14.0. The van der Waals surface area contributed by atoms with Gasteiger partial charge in [0.2, 0.25) is 0 Å². The predicted octanol–water partition coefficient (Wildman–Crippen LogP) is 4.41. The van der Waals surface area contributed by atoms with Crippen molar-refractivity contribution in [3.8, 4) is 5.75 Å². The van der Waals surface area contributed by atoms with E-state index in [1.165, 1.54) is 11.8 Å². The number of primary amides is 1. The summed E-state index contributed by atoms with van der Waals surface area (Å²) in [6, 6.07) is 17.0. The van der Waals surface area contributed by atoms with Crippen molar-refractivity contribution in [3.63, 3.8) is 0 Å². The summed E-state index contributed by atoms with van der Waals surface area (Å²) in [4.78, 5) is 24.6. The third kappa shape index (κ3) is 5.79. The highest BCUT2D eigenvalue weighted by Crippen LogP contribution is 2.24. The molecule has 0 bridgehead atoms. The molecule has 0 aliphatic heterocycles. The van der Waals surface area contributed by atoms with Crippen LogP contribution in [0.15, 0.2) is 70.9 Å². The third-order valence-electron chi connectivity index (χ3n) is 4.00. The maximum atomic E-state index is 11.0. The molecule has 1 heterocycles. The van der Waals surface area contributed by atoms with Gasteiger partial charge in [0.05, 0.1) is 12.1 Å². The molecule has 0 atom stereocenters. The van der Waals surface area contributed by atoms with Crippen molar-refractivity contribution in [3.05, 3.63) is 71.9 Å². The molecule has 1 aromatic heterocycles. The van der Waals surface area contributed by atoms with Crippen molar-refractivity contribution in [2.75, 3.05) is 11.6 Å². The number of thioether (sulfide) groups is 1. The van der Waals surface area contributed by atoms with Gasteiger partial charge >= 0.3 is 6.09 Å². The van der Waals surface area contributed by atoms with Gasteiger partial charge in [-0.25, -0.2) is 14.8 Å². The van der Waals surface area contributed by atoms with Gasteiger partial charge in [0.1, 0.15) is 11.6 Å².